The highest BCUT2D eigenvalue weighted by atomic mass is 16.5. The molecule has 0 aliphatic carbocycles. The van der Waals surface area contributed by atoms with E-state index in [0.717, 1.165) is 4.90 Å². The molecule has 2 rings (SSSR count). The number of nitrogens with one attached hydrogen (secondary N) is 1. The summed E-state index contributed by atoms with van der Waals surface area (Å²) in [5, 5.41) is 2.83. The molecule has 7 heteroatoms. The van der Waals surface area contributed by atoms with Gasteiger partial charge in [0, 0.05) is 7.05 Å². The third-order valence-electron chi connectivity index (χ3n) is 2.33. The number of anilines is 1. The molecule has 2 amide bonds. The maximum absolute atomic E-state index is 11.5. The van der Waals surface area contributed by atoms with E-state index in [1.807, 2.05) is 0 Å². The molecule has 0 unspecified atom stereocenters. The van der Waals surface area contributed by atoms with Crippen molar-refractivity contribution < 1.29 is 14.3 Å². The Morgan fingerprint density at radius 3 is 2.53 bits per heavy atom. The molecule has 1 aliphatic rings. The quantitative estimate of drug-likeness (QED) is 0.706. The minimum Gasteiger partial charge on any atom is -0.372 e. The second-order valence-electron chi connectivity index (χ2n) is 3.51. The monoisotopic (exact) mass is 236 g/mol. The second kappa shape index (κ2) is 4.88. The van der Waals surface area contributed by atoms with E-state index >= 15 is 0 Å². The largest absolute Gasteiger partial charge is 0.372 e. The summed E-state index contributed by atoms with van der Waals surface area (Å²) in [6.45, 7) is 0.0134. The fourth-order valence-electron chi connectivity index (χ4n) is 1.42. The predicted molar refractivity (Wildman–Crippen MR) is 58.0 cm³/mol. The number of aromatic nitrogens is 2. The van der Waals surface area contributed by atoms with Gasteiger partial charge < -0.3 is 10.1 Å². The van der Waals surface area contributed by atoms with Gasteiger partial charge in [-0.3, -0.25) is 19.5 Å². The number of amides is 2. The average Bonchev–Trinajstić information content (AvgIpc) is 2.35. The van der Waals surface area contributed by atoms with Crippen LogP contribution in [0.4, 0.5) is 5.82 Å². The first kappa shape index (κ1) is 11.5. The van der Waals surface area contributed by atoms with E-state index in [-0.39, 0.29) is 31.6 Å². The molecule has 0 aromatic carbocycles. The summed E-state index contributed by atoms with van der Waals surface area (Å²) >= 11 is 0. The van der Waals surface area contributed by atoms with Crippen LogP contribution in [-0.4, -0.2) is 46.9 Å². The molecule has 2 heterocycles. The van der Waals surface area contributed by atoms with Crippen molar-refractivity contribution in [1.29, 1.82) is 0 Å². The minimum atomic E-state index is -0.347. The smallest absolute Gasteiger partial charge is 0.255 e. The first-order valence-corrected chi connectivity index (χ1v) is 5.10. The van der Waals surface area contributed by atoms with Crippen molar-refractivity contribution in [1.82, 2.24) is 14.9 Å². The van der Waals surface area contributed by atoms with Gasteiger partial charge >= 0.3 is 0 Å². The topological polar surface area (TPSA) is 84.4 Å². The summed E-state index contributed by atoms with van der Waals surface area (Å²) in [4.78, 5) is 32.2. The standard InChI is InChI=1S/C10H12N4O3/c1-11-8-3-12-7(2-13-8)4-14-9(15)5-17-6-10(14)16/h2-3H,4-6H2,1H3,(H,11,13). The highest BCUT2D eigenvalue weighted by Gasteiger charge is 2.26. The summed E-state index contributed by atoms with van der Waals surface area (Å²) in [6, 6.07) is 0. The molecule has 1 saturated heterocycles. The lowest BCUT2D eigenvalue weighted by molar-refractivity contribution is -0.159. The molecule has 7 nitrogen and oxygen atoms in total. The van der Waals surface area contributed by atoms with Crippen LogP contribution in [0.3, 0.4) is 0 Å². The zero-order valence-electron chi connectivity index (χ0n) is 9.34. The molecule has 1 N–H and O–H groups in total. The first-order chi connectivity index (χ1) is 8.20. The van der Waals surface area contributed by atoms with E-state index in [1.165, 1.54) is 6.20 Å². The molecule has 1 fully saturated rings. The summed E-state index contributed by atoms with van der Waals surface area (Å²) in [6.07, 6.45) is 3.08. The number of hydrogen-bond acceptors (Lipinski definition) is 6. The molecule has 0 spiro atoms. The van der Waals surface area contributed by atoms with E-state index in [4.69, 9.17) is 4.74 Å². The number of hydrogen-bond donors (Lipinski definition) is 1. The van der Waals surface area contributed by atoms with Crippen LogP contribution in [-0.2, 0) is 20.9 Å². The SMILES string of the molecule is CNc1cnc(CN2C(=O)COCC2=O)cn1. The van der Waals surface area contributed by atoms with Crippen molar-refractivity contribution in [2.75, 3.05) is 25.6 Å². The predicted octanol–water partition coefficient (Wildman–Crippen LogP) is -0.596. The van der Waals surface area contributed by atoms with Gasteiger partial charge in [0.05, 0.1) is 24.6 Å². The number of ether oxygens (including phenoxy) is 1. The number of nitrogens with zero attached hydrogens (tertiary/aromatic N) is 3. The molecular weight excluding hydrogens is 224 g/mol. The lowest BCUT2D eigenvalue weighted by atomic mass is 10.3. The van der Waals surface area contributed by atoms with Crippen LogP contribution in [0.5, 0.6) is 0 Å². The molecule has 0 saturated carbocycles. The number of carbonyl (C=O) groups is 2. The van der Waals surface area contributed by atoms with Gasteiger partial charge in [0.1, 0.15) is 19.0 Å². The van der Waals surface area contributed by atoms with Gasteiger partial charge in [-0.2, -0.15) is 0 Å². The van der Waals surface area contributed by atoms with Crippen molar-refractivity contribution in [2.24, 2.45) is 0 Å². The van der Waals surface area contributed by atoms with Crippen LogP contribution in [0.15, 0.2) is 12.4 Å². The highest BCUT2D eigenvalue weighted by Crippen LogP contribution is 2.07. The van der Waals surface area contributed by atoms with Crippen LogP contribution in [0.1, 0.15) is 5.69 Å². The van der Waals surface area contributed by atoms with Gasteiger partial charge in [-0.05, 0) is 0 Å². The zero-order chi connectivity index (χ0) is 12.3. The van der Waals surface area contributed by atoms with Gasteiger partial charge in [-0.1, -0.05) is 0 Å². The number of rotatable bonds is 3. The summed E-state index contributed by atoms with van der Waals surface area (Å²) < 4.78 is 4.81. The summed E-state index contributed by atoms with van der Waals surface area (Å²) in [5.41, 5.74) is 0.563. The molecule has 90 valence electrons. The summed E-state index contributed by atoms with van der Waals surface area (Å²) in [5.74, 6) is -0.0603. The lowest BCUT2D eigenvalue weighted by Crippen LogP contribution is -2.45. The van der Waals surface area contributed by atoms with Crippen LogP contribution in [0.25, 0.3) is 0 Å². The fourth-order valence-corrected chi connectivity index (χ4v) is 1.42. The second-order valence-corrected chi connectivity index (χ2v) is 3.51. The molecule has 1 aromatic heterocycles. The molecule has 17 heavy (non-hydrogen) atoms. The lowest BCUT2D eigenvalue weighted by Gasteiger charge is -2.24. The Morgan fingerprint density at radius 2 is 2.00 bits per heavy atom. The van der Waals surface area contributed by atoms with E-state index < -0.39 is 0 Å². The van der Waals surface area contributed by atoms with Crippen molar-refractivity contribution >= 4 is 17.6 Å². The highest BCUT2D eigenvalue weighted by molar-refractivity contribution is 5.98. The van der Waals surface area contributed by atoms with E-state index in [0.29, 0.717) is 11.5 Å². The third-order valence-corrected chi connectivity index (χ3v) is 2.33. The van der Waals surface area contributed by atoms with Crippen molar-refractivity contribution in [3.63, 3.8) is 0 Å². The number of carbonyl (C=O) groups excluding carboxylic acids is 2. The normalized spacial score (nSPS) is 16.2. The van der Waals surface area contributed by atoms with Gasteiger partial charge in [0.25, 0.3) is 11.8 Å². The van der Waals surface area contributed by atoms with Crippen molar-refractivity contribution in [3.8, 4) is 0 Å². The molecule has 1 aromatic rings. The fraction of sp³-hybridized carbons (Fsp3) is 0.400. The number of morpholine rings is 1. The van der Waals surface area contributed by atoms with E-state index in [2.05, 4.69) is 15.3 Å². The van der Waals surface area contributed by atoms with Crippen molar-refractivity contribution in [2.45, 2.75) is 6.54 Å². The van der Waals surface area contributed by atoms with Gasteiger partial charge in [0.15, 0.2) is 0 Å². The molecule has 0 atom stereocenters. The number of imide groups is 1. The van der Waals surface area contributed by atoms with Crippen LogP contribution in [0.2, 0.25) is 0 Å². The summed E-state index contributed by atoms with van der Waals surface area (Å²) in [7, 11) is 1.73. The Kier molecular flexibility index (Phi) is 3.29. The Labute approximate surface area is 97.8 Å². The zero-order valence-corrected chi connectivity index (χ0v) is 9.34. The van der Waals surface area contributed by atoms with E-state index in [1.54, 1.807) is 13.2 Å². The maximum Gasteiger partial charge on any atom is 0.255 e. The Morgan fingerprint density at radius 1 is 1.29 bits per heavy atom. The Hall–Kier alpha value is -2.02. The Bertz CT molecular complexity index is 416. The van der Waals surface area contributed by atoms with Crippen LogP contribution in [0, 0.1) is 0 Å². The van der Waals surface area contributed by atoms with Gasteiger partial charge in [-0.25, -0.2) is 4.98 Å². The third kappa shape index (κ3) is 2.56. The van der Waals surface area contributed by atoms with Crippen LogP contribution >= 0.6 is 0 Å². The maximum atomic E-state index is 11.5. The van der Waals surface area contributed by atoms with Crippen LogP contribution < -0.4 is 5.32 Å². The Balaban J connectivity index is 2.08. The molecule has 0 radical (unpaired) electrons. The first-order valence-electron chi connectivity index (χ1n) is 5.10. The molecule has 1 aliphatic heterocycles. The van der Waals surface area contributed by atoms with Gasteiger partial charge in [-0.15, -0.1) is 0 Å². The van der Waals surface area contributed by atoms with Crippen molar-refractivity contribution in [3.05, 3.63) is 18.1 Å². The van der Waals surface area contributed by atoms with E-state index in [9.17, 15) is 9.59 Å². The minimum absolute atomic E-state index is 0.0617. The van der Waals surface area contributed by atoms with Gasteiger partial charge in [0.2, 0.25) is 0 Å². The molecule has 0 bridgehead atoms. The molecular formula is C10H12N4O3. The average molecular weight is 236 g/mol.